The Morgan fingerprint density at radius 2 is 1.56 bits per heavy atom. The minimum absolute atomic E-state index is 0.138. The number of fused-ring (bicyclic) bond motifs is 1. The first kappa shape index (κ1) is 21.1. The molecule has 0 radical (unpaired) electrons. The third kappa shape index (κ3) is 4.95. The molecule has 2 amide bonds. The Morgan fingerprint density at radius 3 is 2.44 bits per heavy atom. The molecular weight excluding hydrogens is 400 g/mol. The molecule has 0 aromatic heterocycles. The van der Waals surface area contributed by atoms with Crippen LogP contribution in [0.3, 0.4) is 0 Å². The van der Waals surface area contributed by atoms with Crippen molar-refractivity contribution in [3.63, 3.8) is 0 Å². The molecule has 0 saturated carbocycles. The molecule has 4 aromatic carbocycles. The lowest BCUT2D eigenvalue weighted by Gasteiger charge is -2.12. The van der Waals surface area contributed by atoms with Crippen LogP contribution in [0.5, 0.6) is 5.75 Å². The molecule has 5 nitrogen and oxygen atoms in total. The number of nitrogens with one attached hydrogen (secondary N) is 2. The molecule has 0 unspecified atom stereocenters. The average Bonchev–Trinajstić information content (AvgIpc) is 2.81. The number of anilines is 2. The van der Waals surface area contributed by atoms with Gasteiger partial charge in [-0.2, -0.15) is 0 Å². The first-order chi connectivity index (χ1) is 15.6. The van der Waals surface area contributed by atoms with E-state index in [1.807, 2.05) is 67.6 Å². The van der Waals surface area contributed by atoms with Gasteiger partial charge in [-0.05, 0) is 53.6 Å². The summed E-state index contributed by atoms with van der Waals surface area (Å²) in [6.07, 6.45) is 0.250. The number of rotatable bonds is 7. The maximum absolute atomic E-state index is 12.8. The minimum atomic E-state index is -0.276. The Hall–Kier alpha value is -4.12. The number of amides is 2. The number of hydrogen-bond acceptors (Lipinski definition) is 3. The van der Waals surface area contributed by atoms with E-state index < -0.39 is 0 Å². The number of carbonyl (C=O) groups excluding carboxylic acids is 2. The zero-order valence-electron chi connectivity index (χ0n) is 17.8. The molecule has 5 heteroatoms. The van der Waals surface area contributed by atoms with E-state index in [0.717, 1.165) is 16.3 Å². The highest BCUT2D eigenvalue weighted by Gasteiger charge is 2.12. The summed E-state index contributed by atoms with van der Waals surface area (Å²) < 4.78 is 5.57. The van der Waals surface area contributed by atoms with Gasteiger partial charge in [-0.3, -0.25) is 9.59 Å². The van der Waals surface area contributed by atoms with E-state index in [2.05, 4.69) is 10.6 Å². The maximum Gasteiger partial charge on any atom is 0.255 e. The van der Waals surface area contributed by atoms with Crippen molar-refractivity contribution in [3.05, 3.63) is 102 Å². The predicted molar refractivity (Wildman–Crippen MR) is 128 cm³/mol. The van der Waals surface area contributed by atoms with E-state index in [-0.39, 0.29) is 18.2 Å². The lowest BCUT2D eigenvalue weighted by atomic mass is 10.0. The van der Waals surface area contributed by atoms with E-state index >= 15 is 0 Å². The van der Waals surface area contributed by atoms with Crippen molar-refractivity contribution in [1.29, 1.82) is 0 Å². The molecule has 0 saturated heterocycles. The summed E-state index contributed by atoms with van der Waals surface area (Å²) in [5, 5.41) is 7.94. The van der Waals surface area contributed by atoms with Crippen molar-refractivity contribution in [2.24, 2.45) is 0 Å². The van der Waals surface area contributed by atoms with Gasteiger partial charge in [-0.1, -0.05) is 60.7 Å². The Kier molecular flexibility index (Phi) is 6.46. The minimum Gasteiger partial charge on any atom is -0.492 e. The van der Waals surface area contributed by atoms with Crippen molar-refractivity contribution in [2.45, 2.75) is 13.3 Å². The van der Waals surface area contributed by atoms with Crippen LogP contribution in [0.15, 0.2) is 91.0 Å². The number of ether oxygens (including phenoxy) is 1. The molecule has 0 bridgehead atoms. The fourth-order valence-electron chi connectivity index (χ4n) is 3.61. The van der Waals surface area contributed by atoms with Crippen LogP contribution in [-0.2, 0) is 11.2 Å². The zero-order valence-corrected chi connectivity index (χ0v) is 17.8. The summed E-state index contributed by atoms with van der Waals surface area (Å²) in [6, 6.07) is 28.1. The molecule has 0 aliphatic carbocycles. The van der Waals surface area contributed by atoms with Crippen LogP contribution in [-0.4, -0.2) is 18.4 Å². The van der Waals surface area contributed by atoms with Crippen molar-refractivity contribution >= 4 is 34.0 Å². The molecule has 2 N–H and O–H groups in total. The van der Waals surface area contributed by atoms with Crippen molar-refractivity contribution in [2.75, 3.05) is 17.2 Å². The standard InChI is InChI=1S/C27H24N2O3/c1-2-32-25-16-6-5-15-24(25)29-27(31)21-12-8-13-22(17-21)28-26(30)18-20-11-7-10-19-9-3-4-14-23(19)20/h3-17H,2,18H2,1H3,(H,28,30)(H,29,31). The highest BCUT2D eigenvalue weighted by molar-refractivity contribution is 6.06. The average molecular weight is 425 g/mol. The fraction of sp³-hybridized carbons (Fsp3) is 0.111. The van der Waals surface area contributed by atoms with Crippen molar-refractivity contribution < 1.29 is 14.3 Å². The highest BCUT2D eigenvalue weighted by atomic mass is 16.5. The van der Waals surface area contributed by atoms with Crippen LogP contribution in [0.2, 0.25) is 0 Å². The lowest BCUT2D eigenvalue weighted by Crippen LogP contribution is -2.16. The van der Waals surface area contributed by atoms with Crippen LogP contribution in [0, 0.1) is 0 Å². The van der Waals surface area contributed by atoms with E-state index in [9.17, 15) is 9.59 Å². The first-order valence-corrected chi connectivity index (χ1v) is 10.5. The van der Waals surface area contributed by atoms with Crippen molar-refractivity contribution in [1.82, 2.24) is 0 Å². The van der Waals surface area contributed by atoms with Gasteiger partial charge in [-0.25, -0.2) is 0 Å². The van der Waals surface area contributed by atoms with Crippen LogP contribution >= 0.6 is 0 Å². The lowest BCUT2D eigenvalue weighted by molar-refractivity contribution is -0.115. The van der Waals surface area contributed by atoms with Gasteiger partial charge in [0.2, 0.25) is 5.91 Å². The van der Waals surface area contributed by atoms with E-state index in [4.69, 9.17) is 4.74 Å². The third-order valence-electron chi connectivity index (χ3n) is 5.07. The molecule has 32 heavy (non-hydrogen) atoms. The molecule has 0 spiro atoms. The van der Waals surface area contributed by atoms with Gasteiger partial charge in [0.25, 0.3) is 5.91 Å². The number of para-hydroxylation sites is 2. The summed E-state index contributed by atoms with van der Waals surface area (Å²) in [7, 11) is 0. The van der Waals surface area contributed by atoms with Gasteiger partial charge in [0.1, 0.15) is 5.75 Å². The summed E-state index contributed by atoms with van der Waals surface area (Å²) in [5.41, 5.74) is 2.58. The van der Waals surface area contributed by atoms with Crippen LogP contribution in [0.1, 0.15) is 22.8 Å². The zero-order chi connectivity index (χ0) is 22.3. The maximum atomic E-state index is 12.8. The third-order valence-corrected chi connectivity index (χ3v) is 5.07. The molecule has 4 rings (SSSR count). The van der Waals surface area contributed by atoms with Gasteiger partial charge in [0.15, 0.2) is 0 Å². The quantitative estimate of drug-likeness (QED) is 0.402. The van der Waals surface area contributed by atoms with Gasteiger partial charge < -0.3 is 15.4 Å². The van der Waals surface area contributed by atoms with Crippen LogP contribution < -0.4 is 15.4 Å². The molecule has 0 aliphatic rings. The Balaban J connectivity index is 1.46. The highest BCUT2D eigenvalue weighted by Crippen LogP contribution is 2.25. The smallest absolute Gasteiger partial charge is 0.255 e. The van der Waals surface area contributed by atoms with Crippen molar-refractivity contribution in [3.8, 4) is 5.75 Å². The molecule has 160 valence electrons. The molecule has 0 aliphatic heterocycles. The predicted octanol–water partition coefficient (Wildman–Crippen LogP) is 5.67. The largest absolute Gasteiger partial charge is 0.492 e. The first-order valence-electron chi connectivity index (χ1n) is 10.5. The normalized spacial score (nSPS) is 10.5. The van der Waals surface area contributed by atoms with Crippen LogP contribution in [0.25, 0.3) is 10.8 Å². The van der Waals surface area contributed by atoms with E-state index in [1.165, 1.54) is 0 Å². The Bertz CT molecular complexity index is 1260. The number of carbonyl (C=O) groups is 2. The molecule has 0 fully saturated rings. The van der Waals surface area contributed by atoms with Gasteiger partial charge in [0, 0.05) is 11.3 Å². The second kappa shape index (κ2) is 9.79. The van der Waals surface area contributed by atoms with Gasteiger partial charge in [0.05, 0.1) is 18.7 Å². The summed E-state index contributed by atoms with van der Waals surface area (Å²) >= 11 is 0. The van der Waals surface area contributed by atoms with Crippen LogP contribution in [0.4, 0.5) is 11.4 Å². The van der Waals surface area contributed by atoms with E-state index in [0.29, 0.717) is 29.3 Å². The van der Waals surface area contributed by atoms with Gasteiger partial charge >= 0.3 is 0 Å². The van der Waals surface area contributed by atoms with E-state index in [1.54, 1.807) is 30.3 Å². The van der Waals surface area contributed by atoms with Gasteiger partial charge in [-0.15, -0.1) is 0 Å². The molecule has 0 atom stereocenters. The summed E-state index contributed by atoms with van der Waals surface area (Å²) in [4.78, 5) is 25.5. The second-order valence-electron chi connectivity index (χ2n) is 7.33. The topological polar surface area (TPSA) is 67.4 Å². The summed E-state index contributed by atoms with van der Waals surface area (Å²) in [5.74, 6) is 0.200. The summed E-state index contributed by atoms with van der Waals surface area (Å²) in [6.45, 7) is 2.40. The molecular formula is C27H24N2O3. The Labute approximate surface area is 187 Å². The monoisotopic (exact) mass is 424 g/mol. The molecule has 4 aromatic rings. The Morgan fingerprint density at radius 1 is 0.812 bits per heavy atom. The SMILES string of the molecule is CCOc1ccccc1NC(=O)c1cccc(NC(=O)Cc2cccc3ccccc23)c1. The number of hydrogen-bond donors (Lipinski definition) is 2. The molecule has 0 heterocycles. The second-order valence-corrected chi connectivity index (χ2v) is 7.33. The fourth-order valence-corrected chi connectivity index (χ4v) is 3.61. The number of benzene rings is 4.